The highest BCUT2D eigenvalue weighted by molar-refractivity contribution is 6.06. The van der Waals surface area contributed by atoms with Gasteiger partial charge in [-0.15, -0.1) is 0 Å². The number of rotatable bonds is 5. The van der Waals surface area contributed by atoms with Gasteiger partial charge in [0.2, 0.25) is 0 Å². The van der Waals surface area contributed by atoms with Gasteiger partial charge in [0, 0.05) is 24.4 Å². The highest BCUT2D eigenvalue weighted by atomic mass is 16.6. The lowest BCUT2D eigenvalue weighted by Gasteiger charge is -2.17. The number of carbonyl (C=O) groups is 1. The van der Waals surface area contributed by atoms with Gasteiger partial charge in [0.05, 0.1) is 11.5 Å². The molecule has 0 aliphatic carbocycles. The number of nitro benzene ring substituents is 1. The minimum Gasteiger partial charge on any atom is -0.487 e. The molecule has 2 aromatic carbocycles. The Bertz CT molecular complexity index is 686. The molecule has 0 aromatic heterocycles. The molecule has 0 heterocycles. The van der Waals surface area contributed by atoms with E-state index in [0.717, 1.165) is 0 Å². The van der Waals surface area contributed by atoms with Gasteiger partial charge in [0.25, 0.3) is 5.91 Å². The number of amides is 1. The third kappa shape index (κ3) is 3.22. The Kier molecular flexibility index (Phi) is 4.73. The van der Waals surface area contributed by atoms with Gasteiger partial charge in [-0.25, -0.2) is 0 Å². The zero-order valence-electron chi connectivity index (χ0n) is 12.4. The SMILES string of the molecule is CCOc1ccc(C(=O)N(C)c2ccccc2)cc1[N+](=O)[O-]. The van der Waals surface area contributed by atoms with E-state index in [1.807, 2.05) is 18.2 Å². The van der Waals surface area contributed by atoms with E-state index < -0.39 is 4.92 Å². The van der Waals surface area contributed by atoms with Crippen LogP contribution < -0.4 is 9.64 Å². The van der Waals surface area contributed by atoms with Crippen molar-refractivity contribution >= 4 is 17.3 Å². The minimum atomic E-state index is -0.551. The first-order valence-corrected chi connectivity index (χ1v) is 6.79. The predicted octanol–water partition coefficient (Wildman–Crippen LogP) is 3.27. The third-order valence-corrected chi connectivity index (χ3v) is 3.15. The number of benzene rings is 2. The van der Waals surface area contributed by atoms with Gasteiger partial charge in [-0.05, 0) is 31.2 Å². The Morgan fingerprint density at radius 1 is 1.23 bits per heavy atom. The summed E-state index contributed by atoms with van der Waals surface area (Å²) >= 11 is 0. The smallest absolute Gasteiger partial charge is 0.311 e. The zero-order valence-corrected chi connectivity index (χ0v) is 12.4. The summed E-state index contributed by atoms with van der Waals surface area (Å²) in [6.45, 7) is 2.06. The van der Waals surface area contributed by atoms with Gasteiger partial charge in [0.15, 0.2) is 5.75 Å². The van der Waals surface area contributed by atoms with E-state index in [-0.39, 0.29) is 22.9 Å². The molecule has 0 saturated carbocycles. The molecule has 1 amide bonds. The summed E-state index contributed by atoms with van der Waals surface area (Å²) in [5.41, 5.74) is 0.736. The molecule has 114 valence electrons. The molecule has 0 spiro atoms. The van der Waals surface area contributed by atoms with Gasteiger partial charge in [-0.3, -0.25) is 14.9 Å². The molecule has 0 aliphatic heterocycles. The van der Waals surface area contributed by atoms with Crippen LogP contribution >= 0.6 is 0 Å². The number of carbonyl (C=O) groups excluding carboxylic acids is 1. The number of ether oxygens (including phenoxy) is 1. The van der Waals surface area contributed by atoms with E-state index in [0.29, 0.717) is 12.3 Å². The van der Waals surface area contributed by atoms with Gasteiger partial charge in [-0.1, -0.05) is 18.2 Å². The maximum absolute atomic E-state index is 12.5. The number of hydrogen-bond donors (Lipinski definition) is 0. The van der Waals surface area contributed by atoms with Gasteiger partial charge < -0.3 is 9.64 Å². The summed E-state index contributed by atoms with van der Waals surface area (Å²) in [6, 6.07) is 13.3. The molecule has 6 nitrogen and oxygen atoms in total. The second-order valence-corrected chi connectivity index (χ2v) is 4.57. The van der Waals surface area contributed by atoms with Crippen LogP contribution in [0.25, 0.3) is 0 Å². The normalized spacial score (nSPS) is 10.1. The lowest BCUT2D eigenvalue weighted by Crippen LogP contribution is -2.26. The molecule has 0 fully saturated rings. The fraction of sp³-hybridized carbons (Fsp3) is 0.188. The summed E-state index contributed by atoms with van der Waals surface area (Å²) < 4.78 is 5.21. The Labute approximate surface area is 128 Å². The fourth-order valence-electron chi connectivity index (χ4n) is 2.03. The van der Waals surface area contributed by atoms with E-state index in [2.05, 4.69) is 0 Å². The molecule has 2 aromatic rings. The molecule has 0 atom stereocenters. The second-order valence-electron chi connectivity index (χ2n) is 4.57. The summed E-state index contributed by atoms with van der Waals surface area (Å²) in [7, 11) is 1.62. The number of hydrogen-bond acceptors (Lipinski definition) is 4. The number of nitrogens with zero attached hydrogens (tertiary/aromatic N) is 2. The Morgan fingerprint density at radius 3 is 2.50 bits per heavy atom. The monoisotopic (exact) mass is 300 g/mol. The Balaban J connectivity index is 2.34. The highest BCUT2D eigenvalue weighted by Crippen LogP contribution is 2.29. The molecule has 0 unspecified atom stereocenters. The average Bonchev–Trinajstić information content (AvgIpc) is 2.54. The van der Waals surface area contributed by atoms with E-state index in [1.165, 1.54) is 23.1 Å². The molecule has 22 heavy (non-hydrogen) atoms. The van der Waals surface area contributed by atoms with Gasteiger partial charge in [-0.2, -0.15) is 0 Å². The maximum Gasteiger partial charge on any atom is 0.311 e. The van der Waals surface area contributed by atoms with Crippen molar-refractivity contribution in [2.45, 2.75) is 6.92 Å². The van der Waals surface area contributed by atoms with Crippen molar-refractivity contribution in [2.75, 3.05) is 18.6 Å². The third-order valence-electron chi connectivity index (χ3n) is 3.15. The molecule has 6 heteroatoms. The maximum atomic E-state index is 12.5. The van der Waals surface area contributed by atoms with E-state index in [9.17, 15) is 14.9 Å². The number of anilines is 1. The molecule has 0 N–H and O–H groups in total. The van der Waals surface area contributed by atoms with E-state index >= 15 is 0 Å². The van der Waals surface area contributed by atoms with Crippen molar-refractivity contribution < 1.29 is 14.5 Å². The van der Waals surface area contributed by atoms with E-state index in [4.69, 9.17) is 4.74 Å². The topological polar surface area (TPSA) is 72.7 Å². The van der Waals surface area contributed by atoms with Gasteiger partial charge in [0.1, 0.15) is 0 Å². The quantitative estimate of drug-likeness (QED) is 0.627. The standard InChI is InChI=1S/C16H16N2O4/c1-3-22-15-10-9-12(11-14(15)18(20)21)16(19)17(2)13-7-5-4-6-8-13/h4-11H,3H2,1-2H3. The predicted molar refractivity (Wildman–Crippen MR) is 83.4 cm³/mol. The summed E-state index contributed by atoms with van der Waals surface area (Å²) in [5, 5.41) is 11.1. The minimum absolute atomic E-state index is 0.159. The summed E-state index contributed by atoms with van der Waals surface area (Å²) in [6.07, 6.45) is 0. The van der Waals surface area contributed by atoms with Crippen LogP contribution in [0.1, 0.15) is 17.3 Å². The zero-order chi connectivity index (χ0) is 16.1. The average molecular weight is 300 g/mol. The molecule has 0 aliphatic rings. The van der Waals surface area contributed by atoms with Crippen molar-refractivity contribution in [3.8, 4) is 5.75 Å². The molecular formula is C16H16N2O4. The van der Waals surface area contributed by atoms with Crippen LogP contribution in [-0.2, 0) is 0 Å². The summed E-state index contributed by atoms with van der Waals surface area (Å²) in [5.74, 6) is -0.163. The van der Waals surface area contributed by atoms with Crippen LogP contribution in [0.2, 0.25) is 0 Å². The highest BCUT2D eigenvalue weighted by Gasteiger charge is 2.20. The van der Waals surface area contributed by atoms with Crippen molar-refractivity contribution in [3.05, 3.63) is 64.2 Å². The second kappa shape index (κ2) is 6.71. The lowest BCUT2D eigenvalue weighted by atomic mass is 10.1. The van der Waals surface area contributed by atoms with Crippen molar-refractivity contribution in [1.82, 2.24) is 0 Å². The molecule has 0 bridgehead atoms. The van der Waals surface area contributed by atoms with Crippen LogP contribution in [0, 0.1) is 10.1 Å². The van der Waals surface area contributed by atoms with Crippen LogP contribution in [0.3, 0.4) is 0 Å². The molecule has 2 rings (SSSR count). The van der Waals surface area contributed by atoms with E-state index in [1.54, 1.807) is 26.1 Å². The Morgan fingerprint density at radius 2 is 1.91 bits per heavy atom. The first kappa shape index (κ1) is 15.5. The molecule has 0 saturated heterocycles. The van der Waals surface area contributed by atoms with Crippen LogP contribution in [0.5, 0.6) is 5.75 Å². The number of nitro groups is 1. The van der Waals surface area contributed by atoms with Crippen LogP contribution in [-0.4, -0.2) is 24.5 Å². The molecule has 0 radical (unpaired) electrons. The lowest BCUT2D eigenvalue weighted by molar-refractivity contribution is -0.385. The van der Waals surface area contributed by atoms with Crippen molar-refractivity contribution in [1.29, 1.82) is 0 Å². The first-order chi connectivity index (χ1) is 10.5. The fourth-order valence-corrected chi connectivity index (χ4v) is 2.03. The first-order valence-electron chi connectivity index (χ1n) is 6.79. The van der Waals surface area contributed by atoms with Crippen LogP contribution in [0.15, 0.2) is 48.5 Å². The largest absolute Gasteiger partial charge is 0.487 e. The summed E-state index contributed by atoms with van der Waals surface area (Å²) in [4.78, 5) is 24.5. The van der Waals surface area contributed by atoms with Gasteiger partial charge >= 0.3 is 5.69 Å². The number of para-hydroxylation sites is 1. The molecular weight excluding hydrogens is 284 g/mol. The van der Waals surface area contributed by atoms with Crippen LogP contribution in [0.4, 0.5) is 11.4 Å². The van der Waals surface area contributed by atoms with Crippen molar-refractivity contribution in [2.24, 2.45) is 0 Å². The van der Waals surface area contributed by atoms with Crippen molar-refractivity contribution in [3.63, 3.8) is 0 Å². The Hall–Kier alpha value is -2.89.